The molecule has 2 amide bonds. The number of carbonyl (C=O) groups excluding carboxylic acids is 1. The van der Waals surface area contributed by atoms with Crippen LogP contribution in [0.3, 0.4) is 0 Å². The van der Waals surface area contributed by atoms with Crippen LogP contribution in [0.5, 0.6) is 0 Å². The van der Waals surface area contributed by atoms with Crippen LogP contribution in [-0.2, 0) is 14.6 Å². The number of sulfone groups is 1. The van der Waals surface area contributed by atoms with Gasteiger partial charge in [0.1, 0.15) is 0 Å². The molecule has 0 aromatic heterocycles. The smallest absolute Gasteiger partial charge is 0.315 e. The molecule has 0 aromatic carbocycles. The molecule has 3 N–H and O–H groups in total. The van der Waals surface area contributed by atoms with Crippen LogP contribution in [0.15, 0.2) is 0 Å². The SMILES string of the molecule is CC(CCC(=O)O)NC(=O)NCC1CCCS1(=O)=O. The summed E-state index contributed by atoms with van der Waals surface area (Å²) in [7, 11) is -3.05. The van der Waals surface area contributed by atoms with E-state index in [-0.39, 0.29) is 24.8 Å². The van der Waals surface area contributed by atoms with Crippen LogP contribution in [-0.4, -0.2) is 49.1 Å². The molecular formula is C11H20N2O5S. The van der Waals surface area contributed by atoms with Gasteiger partial charge in [-0.15, -0.1) is 0 Å². The lowest BCUT2D eigenvalue weighted by molar-refractivity contribution is -0.137. The Kier molecular flexibility index (Phi) is 5.59. The minimum atomic E-state index is -3.05. The lowest BCUT2D eigenvalue weighted by Gasteiger charge is -2.15. The maximum Gasteiger partial charge on any atom is 0.315 e. The van der Waals surface area contributed by atoms with Gasteiger partial charge in [0, 0.05) is 19.0 Å². The van der Waals surface area contributed by atoms with E-state index < -0.39 is 27.1 Å². The number of hydrogen-bond donors (Lipinski definition) is 3. The minimum absolute atomic E-state index is 0.0154. The highest BCUT2D eigenvalue weighted by Gasteiger charge is 2.31. The van der Waals surface area contributed by atoms with Crippen molar-refractivity contribution in [1.82, 2.24) is 10.6 Å². The van der Waals surface area contributed by atoms with Gasteiger partial charge in [0.25, 0.3) is 0 Å². The summed E-state index contributed by atoms with van der Waals surface area (Å²) in [6, 6.07) is -0.726. The highest BCUT2D eigenvalue weighted by atomic mass is 32.2. The van der Waals surface area contributed by atoms with E-state index in [0.717, 1.165) is 0 Å². The van der Waals surface area contributed by atoms with E-state index in [4.69, 9.17) is 5.11 Å². The molecule has 0 aliphatic carbocycles. The van der Waals surface area contributed by atoms with Gasteiger partial charge in [0.05, 0.1) is 11.0 Å². The van der Waals surface area contributed by atoms with Gasteiger partial charge in [-0.3, -0.25) is 4.79 Å². The lowest BCUT2D eigenvalue weighted by Crippen LogP contribution is -2.44. The first-order valence-electron chi connectivity index (χ1n) is 6.29. The summed E-state index contributed by atoms with van der Waals surface area (Å²) >= 11 is 0. The maximum atomic E-state index is 11.5. The Labute approximate surface area is 112 Å². The monoisotopic (exact) mass is 292 g/mol. The Bertz CT molecular complexity index is 434. The number of hydrogen-bond acceptors (Lipinski definition) is 4. The molecule has 1 rings (SSSR count). The molecule has 1 aliphatic heterocycles. The van der Waals surface area contributed by atoms with E-state index in [1.807, 2.05) is 0 Å². The fourth-order valence-electron chi connectivity index (χ4n) is 1.98. The second kappa shape index (κ2) is 6.74. The fraction of sp³-hybridized carbons (Fsp3) is 0.818. The molecule has 19 heavy (non-hydrogen) atoms. The largest absolute Gasteiger partial charge is 0.481 e. The van der Waals surface area contributed by atoms with Gasteiger partial charge in [-0.1, -0.05) is 0 Å². The van der Waals surface area contributed by atoms with Crippen molar-refractivity contribution in [3.63, 3.8) is 0 Å². The first kappa shape index (κ1) is 15.7. The molecule has 0 radical (unpaired) electrons. The molecule has 0 spiro atoms. The maximum absolute atomic E-state index is 11.5. The normalized spacial score (nSPS) is 22.7. The number of urea groups is 1. The van der Waals surface area contributed by atoms with Crippen molar-refractivity contribution in [2.24, 2.45) is 0 Å². The van der Waals surface area contributed by atoms with Crippen molar-refractivity contribution in [1.29, 1.82) is 0 Å². The van der Waals surface area contributed by atoms with E-state index >= 15 is 0 Å². The second-order valence-electron chi connectivity index (χ2n) is 4.82. The van der Waals surface area contributed by atoms with Crippen LogP contribution in [0.25, 0.3) is 0 Å². The predicted octanol–water partition coefficient (Wildman–Crippen LogP) is 0.116. The van der Waals surface area contributed by atoms with Gasteiger partial charge in [-0.25, -0.2) is 13.2 Å². The van der Waals surface area contributed by atoms with E-state index in [1.54, 1.807) is 6.92 Å². The summed E-state index contributed by atoms with van der Waals surface area (Å²) in [5.41, 5.74) is 0. The molecule has 0 bridgehead atoms. The molecule has 1 aliphatic rings. The van der Waals surface area contributed by atoms with Crippen molar-refractivity contribution < 1.29 is 23.1 Å². The summed E-state index contributed by atoms with van der Waals surface area (Å²) in [5, 5.41) is 13.1. The van der Waals surface area contributed by atoms with Crippen LogP contribution >= 0.6 is 0 Å². The number of carboxylic acids is 1. The van der Waals surface area contributed by atoms with Gasteiger partial charge in [0.15, 0.2) is 9.84 Å². The third kappa shape index (κ3) is 5.46. The van der Waals surface area contributed by atoms with Gasteiger partial charge in [-0.05, 0) is 26.2 Å². The molecule has 110 valence electrons. The zero-order valence-corrected chi connectivity index (χ0v) is 11.7. The quantitative estimate of drug-likeness (QED) is 0.643. The molecule has 1 saturated heterocycles. The molecule has 7 nitrogen and oxygen atoms in total. The summed E-state index contributed by atoms with van der Waals surface area (Å²) in [6.45, 7) is 1.81. The number of aliphatic carboxylic acids is 1. The molecule has 2 unspecified atom stereocenters. The topological polar surface area (TPSA) is 113 Å². The molecule has 2 atom stereocenters. The molecule has 1 fully saturated rings. The Balaban J connectivity index is 2.26. The zero-order chi connectivity index (χ0) is 14.5. The molecule has 1 heterocycles. The third-order valence-electron chi connectivity index (χ3n) is 3.12. The Morgan fingerprint density at radius 3 is 2.63 bits per heavy atom. The van der Waals surface area contributed by atoms with Crippen LogP contribution < -0.4 is 10.6 Å². The van der Waals surface area contributed by atoms with Crippen LogP contribution in [0, 0.1) is 0 Å². The van der Waals surface area contributed by atoms with Gasteiger partial charge in [-0.2, -0.15) is 0 Å². The average molecular weight is 292 g/mol. The van der Waals surface area contributed by atoms with Gasteiger partial charge >= 0.3 is 12.0 Å². The van der Waals surface area contributed by atoms with E-state index in [9.17, 15) is 18.0 Å². The lowest BCUT2D eigenvalue weighted by atomic mass is 10.2. The number of carboxylic acid groups (broad SMARTS) is 1. The summed E-state index contributed by atoms with van der Waals surface area (Å²) in [5.74, 6) is -0.721. The van der Waals surface area contributed by atoms with E-state index in [0.29, 0.717) is 19.3 Å². The number of carbonyl (C=O) groups is 2. The molecule has 8 heteroatoms. The van der Waals surface area contributed by atoms with Crippen molar-refractivity contribution in [2.75, 3.05) is 12.3 Å². The molecular weight excluding hydrogens is 272 g/mol. The van der Waals surface area contributed by atoms with Crippen molar-refractivity contribution in [3.8, 4) is 0 Å². The predicted molar refractivity (Wildman–Crippen MR) is 69.7 cm³/mol. The van der Waals surface area contributed by atoms with Crippen molar-refractivity contribution in [3.05, 3.63) is 0 Å². The average Bonchev–Trinajstić information content (AvgIpc) is 2.63. The Hall–Kier alpha value is -1.31. The Morgan fingerprint density at radius 1 is 1.42 bits per heavy atom. The molecule has 0 aromatic rings. The van der Waals surface area contributed by atoms with E-state index in [2.05, 4.69) is 10.6 Å². The number of rotatable bonds is 6. The van der Waals surface area contributed by atoms with E-state index in [1.165, 1.54) is 0 Å². The van der Waals surface area contributed by atoms with Crippen molar-refractivity contribution in [2.45, 2.75) is 43.9 Å². The fourth-order valence-corrected chi connectivity index (χ4v) is 3.75. The second-order valence-corrected chi connectivity index (χ2v) is 7.22. The van der Waals surface area contributed by atoms with Crippen LogP contribution in [0.2, 0.25) is 0 Å². The zero-order valence-electron chi connectivity index (χ0n) is 10.9. The summed E-state index contributed by atoms with van der Waals surface area (Å²) in [6.07, 6.45) is 1.55. The summed E-state index contributed by atoms with van der Waals surface area (Å²) in [4.78, 5) is 21.9. The Morgan fingerprint density at radius 2 is 2.11 bits per heavy atom. The van der Waals surface area contributed by atoms with Crippen LogP contribution in [0.4, 0.5) is 4.79 Å². The minimum Gasteiger partial charge on any atom is -0.481 e. The first-order valence-corrected chi connectivity index (χ1v) is 8.00. The highest BCUT2D eigenvalue weighted by Crippen LogP contribution is 2.18. The van der Waals surface area contributed by atoms with Gasteiger partial charge in [0.2, 0.25) is 0 Å². The van der Waals surface area contributed by atoms with Crippen LogP contribution in [0.1, 0.15) is 32.6 Å². The standard InChI is InChI=1S/C11H20N2O5S/c1-8(4-5-10(14)15)13-11(16)12-7-9-3-2-6-19(9,17)18/h8-9H,2-7H2,1H3,(H,14,15)(H2,12,13,16). The molecule has 0 saturated carbocycles. The summed E-state index contributed by atoms with van der Waals surface area (Å²) < 4.78 is 23.1. The number of nitrogens with one attached hydrogen (secondary N) is 2. The van der Waals surface area contributed by atoms with Gasteiger partial charge < -0.3 is 15.7 Å². The number of amides is 2. The first-order chi connectivity index (χ1) is 8.81. The third-order valence-corrected chi connectivity index (χ3v) is 5.40. The highest BCUT2D eigenvalue weighted by molar-refractivity contribution is 7.92. The van der Waals surface area contributed by atoms with Crippen molar-refractivity contribution >= 4 is 21.8 Å².